The number of rotatable bonds is 5. The third-order valence-corrected chi connectivity index (χ3v) is 6.86. The van der Waals surface area contributed by atoms with E-state index in [2.05, 4.69) is 0 Å². The number of aryl methyl sites for hydroxylation is 1. The number of alkyl halides is 1. The Kier molecular flexibility index (Phi) is 3.83. The van der Waals surface area contributed by atoms with Crippen LogP contribution in [0.5, 0.6) is 0 Å². The van der Waals surface area contributed by atoms with Gasteiger partial charge in [-0.1, -0.05) is 6.92 Å². The van der Waals surface area contributed by atoms with Crippen LogP contribution in [0.2, 0.25) is 0 Å². The molecule has 0 amide bonds. The first kappa shape index (κ1) is 13.3. The molecule has 1 saturated carbocycles. The molecule has 0 aliphatic heterocycles. The minimum absolute atomic E-state index is 0.201. The van der Waals surface area contributed by atoms with Crippen molar-refractivity contribution in [3.05, 3.63) is 15.8 Å². The molecule has 1 aliphatic rings. The highest BCUT2D eigenvalue weighted by Crippen LogP contribution is 2.36. The maximum atomic E-state index is 12.6. The second-order valence-corrected chi connectivity index (χ2v) is 7.30. The summed E-state index contributed by atoms with van der Waals surface area (Å²) in [7, 11) is -3.36. The first-order valence-electron chi connectivity index (χ1n) is 5.67. The van der Waals surface area contributed by atoms with Crippen molar-refractivity contribution < 1.29 is 8.42 Å². The van der Waals surface area contributed by atoms with Crippen molar-refractivity contribution in [3.63, 3.8) is 0 Å². The summed E-state index contributed by atoms with van der Waals surface area (Å²) in [5, 5.41) is 1.87. The molecule has 0 unspecified atom stereocenters. The van der Waals surface area contributed by atoms with Gasteiger partial charge in [0.2, 0.25) is 10.0 Å². The van der Waals surface area contributed by atoms with Crippen molar-refractivity contribution in [1.82, 2.24) is 4.31 Å². The maximum absolute atomic E-state index is 12.6. The predicted octanol–water partition coefficient (Wildman–Crippen LogP) is 2.97. The summed E-state index contributed by atoms with van der Waals surface area (Å²) >= 11 is 7.25. The average Bonchev–Trinajstić information content (AvgIpc) is 3.01. The minimum atomic E-state index is -3.36. The van der Waals surface area contributed by atoms with Crippen LogP contribution in [-0.2, 0) is 15.9 Å². The third kappa shape index (κ3) is 2.38. The van der Waals surface area contributed by atoms with Crippen LogP contribution in [-0.4, -0.2) is 25.3 Å². The molecule has 0 atom stereocenters. The van der Waals surface area contributed by atoms with Crippen LogP contribution in [0.15, 0.2) is 10.3 Å². The van der Waals surface area contributed by atoms with Crippen molar-refractivity contribution in [3.8, 4) is 0 Å². The normalized spacial score (nSPS) is 16.7. The number of hydrogen-bond donors (Lipinski definition) is 0. The van der Waals surface area contributed by atoms with Gasteiger partial charge in [-0.25, -0.2) is 8.42 Å². The summed E-state index contributed by atoms with van der Waals surface area (Å²) in [5.74, 6) is 0.259. The SMILES string of the molecule is CCN(C1CC1)S(=O)(=O)c1c(C)csc1CCl. The van der Waals surface area contributed by atoms with Crippen molar-refractivity contribution >= 4 is 33.0 Å². The van der Waals surface area contributed by atoms with Gasteiger partial charge in [-0.3, -0.25) is 0 Å². The Morgan fingerprint density at radius 3 is 2.65 bits per heavy atom. The first-order valence-corrected chi connectivity index (χ1v) is 8.52. The van der Waals surface area contributed by atoms with Crippen molar-refractivity contribution in [2.75, 3.05) is 6.54 Å². The van der Waals surface area contributed by atoms with Crippen LogP contribution in [0.25, 0.3) is 0 Å². The first-order chi connectivity index (χ1) is 8.02. The van der Waals surface area contributed by atoms with E-state index >= 15 is 0 Å². The molecule has 1 aromatic heterocycles. The maximum Gasteiger partial charge on any atom is 0.244 e. The van der Waals surface area contributed by atoms with E-state index in [1.807, 2.05) is 19.2 Å². The predicted molar refractivity (Wildman–Crippen MR) is 71.2 cm³/mol. The van der Waals surface area contributed by atoms with Crippen molar-refractivity contribution in [2.45, 2.75) is 43.5 Å². The van der Waals surface area contributed by atoms with Crippen LogP contribution >= 0.6 is 22.9 Å². The second-order valence-electron chi connectivity index (χ2n) is 4.24. The highest BCUT2D eigenvalue weighted by molar-refractivity contribution is 7.89. The van der Waals surface area contributed by atoms with Gasteiger partial charge in [0.05, 0.1) is 5.88 Å². The molecule has 6 heteroatoms. The van der Waals surface area contributed by atoms with E-state index in [0.29, 0.717) is 11.4 Å². The molecule has 17 heavy (non-hydrogen) atoms. The Bertz CT molecular complexity index is 506. The zero-order chi connectivity index (χ0) is 12.6. The molecule has 96 valence electrons. The zero-order valence-electron chi connectivity index (χ0n) is 9.94. The van der Waals surface area contributed by atoms with Gasteiger partial charge in [0.15, 0.2) is 0 Å². The van der Waals surface area contributed by atoms with Gasteiger partial charge in [0.25, 0.3) is 0 Å². The van der Waals surface area contributed by atoms with Crippen LogP contribution < -0.4 is 0 Å². The quantitative estimate of drug-likeness (QED) is 0.783. The van der Waals surface area contributed by atoms with E-state index in [1.54, 1.807) is 4.31 Å². The smallest absolute Gasteiger partial charge is 0.207 e. The minimum Gasteiger partial charge on any atom is -0.207 e. The van der Waals surface area contributed by atoms with E-state index in [-0.39, 0.29) is 11.9 Å². The Morgan fingerprint density at radius 2 is 2.18 bits per heavy atom. The fourth-order valence-corrected chi connectivity index (χ4v) is 5.74. The highest BCUT2D eigenvalue weighted by atomic mass is 35.5. The highest BCUT2D eigenvalue weighted by Gasteiger charge is 2.38. The summed E-state index contributed by atoms with van der Waals surface area (Å²) in [6.07, 6.45) is 1.96. The second kappa shape index (κ2) is 4.88. The van der Waals surface area contributed by atoms with Crippen molar-refractivity contribution in [1.29, 1.82) is 0 Å². The zero-order valence-corrected chi connectivity index (χ0v) is 12.3. The van der Waals surface area contributed by atoms with E-state index in [0.717, 1.165) is 23.3 Å². The van der Waals surface area contributed by atoms with Gasteiger partial charge in [-0.05, 0) is 30.7 Å². The van der Waals surface area contributed by atoms with Gasteiger partial charge in [-0.15, -0.1) is 22.9 Å². The molecule has 2 rings (SSSR count). The number of hydrogen-bond acceptors (Lipinski definition) is 3. The molecule has 0 saturated heterocycles. The van der Waals surface area contributed by atoms with Crippen LogP contribution in [0, 0.1) is 6.92 Å². The fraction of sp³-hybridized carbons (Fsp3) is 0.636. The Morgan fingerprint density at radius 1 is 1.53 bits per heavy atom. The number of nitrogens with zero attached hydrogens (tertiary/aromatic N) is 1. The third-order valence-electron chi connectivity index (χ3n) is 2.94. The molecular formula is C11H16ClNO2S2. The number of sulfonamides is 1. The summed E-state index contributed by atoms with van der Waals surface area (Å²) in [4.78, 5) is 1.19. The Balaban J connectivity index is 2.46. The Hall–Kier alpha value is -0.100. The standard InChI is InChI=1S/C11H16ClNO2S2/c1-3-13(9-4-5-9)17(14,15)11-8(2)7-16-10(11)6-12/h7,9H,3-6H2,1-2H3. The number of thiophene rings is 1. The molecule has 1 fully saturated rings. The van der Waals surface area contributed by atoms with Gasteiger partial charge in [0, 0.05) is 17.5 Å². The molecule has 0 bridgehead atoms. The lowest BCUT2D eigenvalue weighted by molar-refractivity contribution is 0.420. The fourth-order valence-electron chi connectivity index (χ4n) is 2.03. The summed E-state index contributed by atoms with van der Waals surface area (Å²) in [6, 6.07) is 0.201. The molecule has 0 N–H and O–H groups in total. The van der Waals surface area contributed by atoms with E-state index < -0.39 is 10.0 Å². The lowest BCUT2D eigenvalue weighted by Gasteiger charge is -2.20. The Labute approximate surface area is 111 Å². The monoisotopic (exact) mass is 293 g/mol. The molecule has 0 radical (unpaired) electrons. The topological polar surface area (TPSA) is 37.4 Å². The largest absolute Gasteiger partial charge is 0.244 e. The summed E-state index contributed by atoms with van der Waals surface area (Å²) < 4.78 is 26.8. The molecule has 1 aromatic rings. The lowest BCUT2D eigenvalue weighted by Crippen LogP contribution is -2.33. The van der Waals surface area contributed by atoms with Crippen molar-refractivity contribution in [2.24, 2.45) is 0 Å². The molecule has 3 nitrogen and oxygen atoms in total. The van der Waals surface area contributed by atoms with Crippen LogP contribution in [0.1, 0.15) is 30.2 Å². The van der Waals surface area contributed by atoms with E-state index in [9.17, 15) is 8.42 Å². The number of halogens is 1. The van der Waals surface area contributed by atoms with E-state index in [4.69, 9.17) is 11.6 Å². The van der Waals surface area contributed by atoms with Gasteiger partial charge < -0.3 is 0 Å². The summed E-state index contributed by atoms with van der Waals surface area (Å²) in [5.41, 5.74) is 0.810. The summed E-state index contributed by atoms with van der Waals surface area (Å²) in [6.45, 7) is 4.25. The molecule has 0 spiro atoms. The van der Waals surface area contributed by atoms with Crippen LogP contribution in [0.4, 0.5) is 0 Å². The van der Waals surface area contributed by atoms with Gasteiger partial charge in [-0.2, -0.15) is 4.31 Å². The van der Waals surface area contributed by atoms with E-state index in [1.165, 1.54) is 11.3 Å². The van der Waals surface area contributed by atoms with Gasteiger partial charge in [0.1, 0.15) is 4.90 Å². The van der Waals surface area contributed by atoms with Gasteiger partial charge >= 0.3 is 0 Å². The molecular weight excluding hydrogens is 278 g/mol. The van der Waals surface area contributed by atoms with Crippen LogP contribution in [0.3, 0.4) is 0 Å². The molecule has 1 heterocycles. The molecule has 1 aliphatic carbocycles. The lowest BCUT2D eigenvalue weighted by atomic mass is 10.3. The average molecular weight is 294 g/mol. The molecule has 0 aromatic carbocycles.